The van der Waals surface area contributed by atoms with Gasteiger partial charge >= 0.3 is 11.9 Å². The lowest BCUT2D eigenvalue weighted by atomic mass is 10.0. The minimum absolute atomic E-state index is 0.212. The van der Waals surface area contributed by atoms with Gasteiger partial charge in [0.25, 0.3) is 0 Å². The Hall–Kier alpha value is -1.84. The molecule has 0 saturated carbocycles. The second-order valence-corrected chi connectivity index (χ2v) is 9.32. The van der Waals surface area contributed by atoms with E-state index in [2.05, 4.69) is 6.92 Å². The molecule has 4 nitrogen and oxygen atoms in total. The lowest BCUT2D eigenvalue weighted by Gasteiger charge is -2.06. The zero-order valence-electron chi connectivity index (χ0n) is 21.4. The van der Waals surface area contributed by atoms with E-state index in [9.17, 15) is 9.59 Å². The summed E-state index contributed by atoms with van der Waals surface area (Å²) in [7, 11) is 0. The molecule has 4 heteroatoms. The first-order valence-corrected chi connectivity index (χ1v) is 13.5. The molecule has 0 atom stereocenters. The highest BCUT2D eigenvalue weighted by Crippen LogP contribution is 2.13. The zero-order valence-corrected chi connectivity index (χ0v) is 21.4. The van der Waals surface area contributed by atoms with Crippen molar-refractivity contribution in [2.24, 2.45) is 0 Å². The molecule has 0 aromatic heterocycles. The van der Waals surface area contributed by atoms with E-state index in [-0.39, 0.29) is 31.4 Å². The summed E-state index contributed by atoms with van der Waals surface area (Å²) in [6.07, 6.45) is 19.4. The van der Waals surface area contributed by atoms with E-state index in [1.54, 1.807) is 0 Å². The van der Waals surface area contributed by atoms with Crippen molar-refractivity contribution in [1.29, 1.82) is 0 Å². The molecule has 0 aliphatic heterocycles. The number of carbonyl (C=O) groups excluding carboxylic acids is 2. The van der Waals surface area contributed by atoms with Crippen LogP contribution in [0.5, 0.6) is 0 Å². The standard InChI is InChI=1S/C29H48O4/c1-3-4-5-6-7-8-9-10-11-12-13-14-15-16-24-32-28(30)18-17-19-29(31)33-25-27-22-20-26(2)21-23-27/h20-23H,3-19,24-25H2,1-2H3. The monoisotopic (exact) mass is 460 g/mol. The Morgan fingerprint density at radius 1 is 0.606 bits per heavy atom. The molecule has 0 unspecified atom stereocenters. The number of carbonyl (C=O) groups is 2. The van der Waals surface area contributed by atoms with Crippen molar-refractivity contribution in [3.05, 3.63) is 35.4 Å². The summed E-state index contributed by atoms with van der Waals surface area (Å²) >= 11 is 0. The van der Waals surface area contributed by atoms with Gasteiger partial charge in [-0.2, -0.15) is 0 Å². The van der Waals surface area contributed by atoms with E-state index >= 15 is 0 Å². The van der Waals surface area contributed by atoms with Gasteiger partial charge in [-0.3, -0.25) is 9.59 Å². The highest BCUT2D eigenvalue weighted by Gasteiger charge is 2.07. The van der Waals surface area contributed by atoms with E-state index in [4.69, 9.17) is 9.47 Å². The minimum atomic E-state index is -0.268. The van der Waals surface area contributed by atoms with Crippen molar-refractivity contribution in [1.82, 2.24) is 0 Å². The van der Waals surface area contributed by atoms with Crippen LogP contribution < -0.4 is 0 Å². The third-order valence-electron chi connectivity index (χ3n) is 6.04. The zero-order chi connectivity index (χ0) is 24.0. The number of hydrogen-bond donors (Lipinski definition) is 0. The number of benzene rings is 1. The molecule has 33 heavy (non-hydrogen) atoms. The van der Waals surface area contributed by atoms with Gasteiger partial charge < -0.3 is 9.47 Å². The molecule has 0 heterocycles. The van der Waals surface area contributed by atoms with Gasteiger partial charge in [-0.15, -0.1) is 0 Å². The number of aryl methyl sites for hydroxylation is 1. The average molecular weight is 461 g/mol. The van der Waals surface area contributed by atoms with Crippen LogP contribution in [0.4, 0.5) is 0 Å². The molecule has 0 aliphatic rings. The summed E-state index contributed by atoms with van der Waals surface area (Å²) in [4.78, 5) is 23.6. The first-order valence-electron chi connectivity index (χ1n) is 13.5. The number of ether oxygens (including phenoxy) is 2. The van der Waals surface area contributed by atoms with Crippen LogP contribution in [-0.2, 0) is 25.7 Å². The number of rotatable bonds is 21. The van der Waals surface area contributed by atoms with Crippen LogP contribution in [0.15, 0.2) is 24.3 Å². The predicted octanol–water partition coefficient (Wildman–Crippen LogP) is 8.23. The Morgan fingerprint density at radius 3 is 1.58 bits per heavy atom. The Kier molecular flexibility index (Phi) is 18.4. The van der Waals surface area contributed by atoms with Gasteiger partial charge in [0.1, 0.15) is 6.61 Å². The number of hydrogen-bond acceptors (Lipinski definition) is 4. The summed E-state index contributed by atoms with van der Waals surface area (Å²) in [5.74, 6) is -0.480. The fourth-order valence-corrected chi connectivity index (χ4v) is 3.85. The molecule has 0 fully saturated rings. The fourth-order valence-electron chi connectivity index (χ4n) is 3.85. The van der Waals surface area contributed by atoms with Gasteiger partial charge in [-0.05, 0) is 25.3 Å². The van der Waals surface area contributed by atoms with Crippen molar-refractivity contribution < 1.29 is 19.1 Å². The van der Waals surface area contributed by atoms with E-state index in [1.165, 1.54) is 82.6 Å². The molecule has 0 amide bonds. The maximum atomic E-state index is 11.8. The summed E-state index contributed by atoms with van der Waals surface area (Å²) in [6, 6.07) is 7.91. The first-order chi connectivity index (χ1) is 16.1. The molecule has 0 radical (unpaired) electrons. The van der Waals surface area contributed by atoms with E-state index in [0.29, 0.717) is 13.0 Å². The Labute approximate surface area is 202 Å². The SMILES string of the molecule is CCCCCCCCCCCCCCCCOC(=O)CCCC(=O)OCc1ccc(C)cc1. The largest absolute Gasteiger partial charge is 0.466 e. The van der Waals surface area contributed by atoms with Crippen LogP contribution in [-0.4, -0.2) is 18.5 Å². The highest BCUT2D eigenvalue weighted by molar-refractivity contribution is 5.72. The van der Waals surface area contributed by atoms with Crippen LogP contribution in [0.25, 0.3) is 0 Å². The maximum absolute atomic E-state index is 11.8. The second kappa shape index (κ2) is 20.7. The van der Waals surface area contributed by atoms with Gasteiger partial charge in [-0.25, -0.2) is 0 Å². The van der Waals surface area contributed by atoms with Gasteiger partial charge in [0.2, 0.25) is 0 Å². The van der Waals surface area contributed by atoms with Crippen LogP contribution in [0, 0.1) is 6.92 Å². The summed E-state index contributed by atoms with van der Waals surface area (Å²) < 4.78 is 10.5. The van der Waals surface area contributed by atoms with Crippen molar-refractivity contribution in [3.8, 4) is 0 Å². The molecule has 188 valence electrons. The Bertz CT molecular complexity index is 609. The van der Waals surface area contributed by atoms with E-state index in [1.807, 2.05) is 31.2 Å². The van der Waals surface area contributed by atoms with Gasteiger partial charge in [0.05, 0.1) is 6.61 Å². The van der Waals surface area contributed by atoms with Gasteiger partial charge in [0, 0.05) is 12.8 Å². The molecular formula is C29H48O4. The molecule has 0 spiro atoms. The summed E-state index contributed by atoms with van der Waals surface area (Å²) in [6.45, 7) is 5.07. The van der Waals surface area contributed by atoms with E-state index in [0.717, 1.165) is 18.4 Å². The lowest BCUT2D eigenvalue weighted by Crippen LogP contribution is -2.09. The van der Waals surface area contributed by atoms with Crippen LogP contribution in [0.1, 0.15) is 127 Å². The topological polar surface area (TPSA) is 52.6 Å². The molecule has 0 N–H and O–H groups in total. The van der Waals surface area contributed by atoms with Crippen LogP contribution >= 0.6 is 0 Å². The van der Waals surface area contributed by atoms with Crippen molar-refractivity contribution >= 4 is 11.9 Å². The molecular weight excluding hydrogens is 412 g/mol. The molecule has 0 saturated heterocycles. The smallest absolute Gasteiger partial charge is 0.306 e. The minimum Gasteiger partial charge on any atom is -0.466 e. The maximum Gasteiger partial charge on any atom is 0.306 e. The lowest BCUT2D eigenvalue weighted by molar-refractivity contribution is -0.146. The average Bonchev–Trinajstić information content (AvgIpc) is 2.81. The quantitative estimate of drug-likeness (QED) is 0.137. The van der Waals surface area contributed by atoms with Gasteiger partial charge in [-0.1, -0.05) is 120 Å². The number of esters is 2. The molecule has 0 aliphatic carbocycles. The summed E-state index contributed by atoms with van der Waals surface area (Å²) in [5.41, 5.74) is 2.15. The molecule has 1 rings (SSSR count). The number of unbranched alkanes of at least 4 members (excludes halogenated alkanes) is 13. The van der Waals surface area contributed by atoms with Crippen LogP contribution in [0.3, 0.4) is 0 Å². The second-order valence-electron chi connectivity index (χ2n) is 9.32. The van der Waals surface area contributed by atoms with Crippen LogP contribution in [0.2, 0.25) is 0 Å². The first kappa shape index (κ1) is 29.2. The van der Waals surface area contributed by atoms with Gasteiger partial charge in [0.15, 0.2) is 0 Å². The fraction of sp³-hybridized carbons (Fsp3) is 0.724. The molecule has 1 aromatic carbocycles. The highest BCUT2D eigenvalue weighted by atomic mass is 16.5. The van der Waals surface area contributed by atoms with Crippen molar-refractivity contribution in [2.45, 2.75) is 130 Å². The third-order valence-corrected chi connectivity index (χ3v) is 6.04. The van der Waals surface area contributed by atoms with E-state index < -0.39 is 0 Å². The van der Waals surface area contributed by atoms with Crippen molar-refractivity contribution in [2.75, 3.05) is 6.61 Å². The predicted molar refractivity (Wildman–Crippen MR) is 136 cm³/mol. The Morgan fingerprint density at radius 2 is 1.06 bits per heavy atom. The summed E-state index contributed by atoms with van der Waals surface area (Å²) in [5, 5.41) is 0. The Balaban J connectivity index is 1.83. The molecule has 0 bridgehead atoms. The van der Waals surface area contributed by atoms with Crippen molar-refractivity contribution in [3.63, 3.8) is 0 Å². The normalized spacial score (nSPS) is 10.8. The molecule has 1 aromatic rings. The third kappa shape index (κ3) is 18.3.